The molecule has 568 valence electrons. The second-order valence-electron chi connectivity index (χ2n) is 25.9. The highest BCUT2D eigenvalue weighted by atomic mass is 31.2. The van der Waals surface area contributed by atoms with Crippen molar-refractivity contribution >= 4 is 39.5 Å². The zero-order chi connectivity index (χ0) is 71.8. The number of ether oxygens (including phenoxy) is 4. The maximum Gasteiger partial charge on any atom is 0.472 e. The fourth-order valence-corrected chi connectivity index (χ4v) is 12.0. The van der Waals surface area contributed by atoms with E-state index in [1.807, 2.05) is 0 Å². The van der Waals surface area contributed by atoms with Gasteiger partial charge in [0, 0.05) is 25.7 Å². The summed E-state index contributed by atoms with van der Waals surface area (Å²) in [6, 6.07) is 0. The van der Waals surface area contributed by atoms with Crippen molar-refractivity contribution in [2.75, 3.05) is 39.6 Å². The summed E-state index contributed by atoms with van der Waals surface area (Å²) in [5.41, 5.74) is 0. The maximum absolute atomic E-state index is 13.1. The van der Waals surface area contributed by atoms with Crippen LogP contribution in [0.15, 0.2) is 85.1 Å². The van der Waals surface area contributed by atoms with Crippen LogP contribution in [0.5, 0.6) is 0 Å². The minimum absolute atomic E-state index is 0.0893. The number of allylic oxidation sites excluding steroid dienone is 14. The number of hydrogen-bond donors (Lipinski definition) is 3. The molecular formula is C79H140O17P2. The second kappa shape index (κ2) is 71.6. The Labute approximate surface area is 595 Å². The molecule has 0 heterocycles. The summed E-state index contributed by atoms with van der Waals surface area (Å²) in [5, 5.41) is 10.6. The monoisotopic (exact) mass is 1420 g/mol. The Balaban J connectivity index is 5.32. The summed E-state index contributed by atoms with van der Waals surface area (Å²) < 4.78 is 68.4. The predicted octanol–water partition coefficient (Wildman–Crippen LogP) is 22.2. The molecule has 0 saturated heterocycles. The number of phosphoric acid groups is 2. The van der Waals surface area contributed by atoms with Crippen molar-refractivity contribution in [3.63, 3.8) is 0 Å². The van der Waals surface area contributed by atoms with Crippen LogP contribution in [-0.2, 0) is 65.4 Å². The first kappa shape index (κ1) is 94.2. The molecule has 0 aliphatic rings. The SMILES string of the molecule is CC/C=C\C/C=C\C/C=C\C/C=C\CCCCC(=O)OCC(COP(=O)(O)OCC(O)COP(=O)(O)OCC(COC(=O)CCCCCCCC/C=C\C/C=C\C/C=C\CCCCC)OC(=O)CCCCCCCCCCCCCCC)OC(=O)CCCCCCCCCCCCC. The molecule has 98 heavy (non-hydrogen) atoms. The molecule has 0 aromatic carbocycles. The molecule has 17 nitrogen and oxygen atoms in total. The number of phosphoric ester groups is 2. The van der Waals surface area contributed by atoms with Gasteiger partial charge in [0.05, 0.1) is 26.4 Å². The van der Waals surface area contributed by atoms with Crippen LogP contribution in [0.2, 0.25) is 0 Å². The Hall–Kier alpha value is -3.76. The normalized spacial score (nSPS) is 14.4. The molecule has 5 atom stereocenters. The van der Waals surface area contributed by atoms with E-state index in [4.69, 9.17) is 37.0 Å². The molecule has 19 heteroatoms. The summed E-state index contributed by atoms with van der Waals surface area (Å²) in [5.74, 6) is -2.21. The van der Waals surface area contributed by atoms with Crippen LogP contribution < -0.4 is 0 Å². The maximum atomic E-state index is 13.1. The summed E-state index contributed by atoms with van der Waals surface area (Å²) in [6.07, 6.45) is 72.9. The lowest BCUT2D eigenvalue weighted by Gasteiger charge is -2.21. The molecule has 0 rings (SSSR count). The Morgan fingerprint density at radius 2 is 0.531 bits per heavy atom. The molecule has 0 aliphatic heterocycles. The minimum Gasteiger partial charge on any atom is -0.462 e. The fraction of sp³-hybridized carbons (Fsp3) is 0.772. The number of unbranched alkanes of at least 4 members (excludes halogenated alkanes) is 33. The van der Waals surface area contributed by atoms with Gasteiger partial charge in [-0.25, -0.2) is 9.13 Å². The van der Waals surface area contributed by atoms with Crippen LogP contribution in [0.25, 0.3) is 0 Å². The fourth-order valence-electron chi connectivity index (χ4n) is 10.5. The Morgan fingerprint density at radius 1 is 0.296 bits per heavy atom. The number of esters is 4. The van der Waals surface area contributed by atoms with Gasteiger partial charge in [0.15, 0.2) is 12.2 Å². The third kappa shape index (κ3) is 70.7. The van der Waals surface area contributed by atoms with Crippen molar-refractivity contribution in [1.82, 2.24) is 0 Å². The van der Waals surface area contributed by atoms with Crippen LogP contribution in [0.3, 0.4) is 0 Å². The van der Waals surface area contributed by atoms with E-state index in [9.17, 15) is 43.2 Å². The first-order chi connectivity index (χ1) is 47.7. The lowest BCUT2D eigenvalue weighted by Crippen LogP contribution is -2.30. The number of rotatable bonds is 73. The highest BCUT2D eigenvalue weighted by molar-refractivity contribution is 7.47. The first-order valence-electron chi connectivity index (χ1n) is 38.8. The molecular weight excluding hydrogens is 1280 g/mol. The zero-order valence-corrected chi connectivity index (χ0v) is 63.7. The van der Waals surface area contributed by atoms with E-state index in [1.165, 1.54) is 109 Å². The molecule has 0 aliphatic carbocycles. The Morgan fingerprint density at radius 3 is 0.857 bits per heavy atom. The lowest BCUT2D eigenvalue weighted by atomic mass is 10.0. The largest absolute Gasteiger partial charge is 0.472 e. The number of aliphatic hydroxyl groups is 1. The molecule has 0 bridgehead atoms. The molecule has 0 spiro atoms. The number of aliphatic hydroxyl groups excluding tert-OH is 1. The quantitative estimate of drug-likeness (QED) is 0.0169. The van der Waals surface area contributed by atoms with E-state index < -0.39 is 97.5 Å². The van der Waals surface area contributed by atoms with Gasteiger partial charge in [-0.15, -0.1) is 0 Å². The van der Waals surface area contributed by atoms with Gasteiger partial charge in [-0.1, -0.05) is 293 Å². The van der Waals surface area contributed by atoms with Crippen molar-refractivity contribution in [1.29, 1.82) is 0 Å². The molecule has 5 unspecified atom stereocenters. The zero-order valence-electron chi connectivity index (χ0n) is 62.0. The van der Waals surface area contributed by atoms with Gasteiger partial charge < -0.3 is 33.8 Å². The highest BCUT2D eigenvalue weighted by Gasteiger charge is 2.30. The number of carbonyl (C=O) groups is 4. The van der Waals surface area contributed by atoms with Crippen molar-refractivity contribution in [2.24, 2.45) is 0 Å². The summed E-state index contributed by atoms with van der Waals surface area (Å²) in [4.78, 5) is 72.8. The van der Waals surface area contributed by atoms with E-state index in [0.717, 1.165) is 148 Å². The van der Waals surface area contributed by atoms with Gasteiger partial charge in [-0.3, -0.25) is 37.3 Å². The van der Waals surface area contributed by atoms with Gasteiger partial charge in [0.1, 0.15) is 19.3 Å². The van der Waals surface area contributed by atoms with Crippen LogP contribution in [0, 0.1) is 0 Å². The number of hydrogen-bond acceptors (Lipinski definition) is 15. The van der Waals surface area contributed by atoms with Crippen molar-refractivity contribution < 1.29 is 80.2 Å². The predicted molar refractivity (Wildman–Crippen MR) is 399 cm³/mol. The van der Waals surface area contributed by atoms with E-state index in [0.29, 0.717) is 25.7 Å². The Kier molecular flexibility index (Phi) is 68.9. The summed E-state index contributed by atoms with van der Waals surface area (Å²) in [6.45, 7) is 4.70. The lowest BCUT2D eigenvalue weighted by molar-refractivity contribution is -0.161. The summed E-state index contributed by atoms with van der Waals surface area (Å²) in [7, 11) is -9.95. The average molecular weight is 1420 g/mol. The van der Waals surface area contributed by atoms with E-state index in [2.05, 4.69) is 113 Å². The average Bonchev–Trinajstić information content (AvgIpc) is 1.94. The van der Waals surface area contributed by atoms with E-state index >= 15 is 0 Å². The second-order valence-corrected chi connectivity index (χ2v) is 28.8. The Bertz CT molecular complexity index is 2190. The van der Waals surface area contributed by atoms with Crippen LogP contribution in [0.1, 0.15) is 336 Å². The standard InChI is InChI=1S/C79H140O17P2/c1-5-9-13-17-21-25-29-32-34-35-36-37-39-42-45-48-52-56-60-64-77(82)90-70-75(96-79(84)66-62-58-54-50-46-40-31-27-23-19-15-11-7-3)72-94-98(87,88)92-68-73(80)67-91-97(85,86)93-71-74(95-78(83)65-61-57-53-49-43-28-24-20-16-12-8-4)69-89-76(81)63-59-55-51-47-44-41-38-33-30-26-22-18-14-10-6-2/h10,14,21-22,25-26,32-34,36-38,44,47,73-75,80H,5-9,11-13,15-20,23-24,27-31,35,39-43,45-46,48-72H2,1-4H3,(H,85,86)(H,87,88)/b14-10-,25-21-,26-22-,34-32-,37-36-,38-33-,47-44-. The van der Waals surface area contributed by atoms with Crippen molar-refractivity contribution in [2.45, 2.75) is 354 Å². The van der Waals surface area contributed by atoms with Gasteiger partial charge in [-0.2, -0.15) is 0 Å². The van der Waals surface area contributed by atoms with Crippen molar-refractivity contribution in [3.05, 3.63) is 85.1 Å². The van der Waals surface area contributed by atoms with Crippen LogP contribution in [-0.4, -0.2) is 96.7 Å². The summed E-state index contributed by atoms with van der Waals surface area (Å²) >= 11 is 0. The van der Waals surface area contributed by atoms with Crippen molar-refractivity contribution in [3.8, 4) is 0 Å². The van der Waals surface area contributed by atoms with Gasteiger partial charge in [0.2, 0.25) is 0 Å². The molecule has 3 N–H and O–H groups in total. The topological polar surface area (TPSA) is 237 Å². The first-order valence-corrected chi connectivity index (χ1v) is 41.8. The third-order valence-corrected chi connectivity index (χ3v) is 18.3. The molecule has 0 amide bonds. The van der Waals surface area contributed by atoms with Gasteiger partial charge >= 0.3 is 39.5 Å². The van der Waals surface area contributed by atoms with Crippen LogP contribution in [0.4, 0.5) is 0 Å². The molecule has 0 aromatic rings. The highest BCUT2D eigenvalue weighted by Crippen LogP contribution is 2.45. The number of carbonyl (C=O) groups excluding carboxylic acids is 4. The molecule has 0 aromatic heterocycles. The minimum atomic E-state index is -4.98. The van der Waals surface area contributed by atoms with E-state index in [1.54, 1.807) is 0 Å². The van der Waals surface area contributed by atoms with Crippen LogP contribution >= 0.6 is 15.6 Å². The molecule has 0 radical (unpaired) electrons. The van der Waals surface area contributed by atoms with Gasteiger partial charge in [0.25, 0.3) is 0 Å². The molecule has 0 fully saturated rings. The smallest absolute Gasteiger partial charge is 0.462 e. The molecule has 0 saturated carbocycles. The van der Waals surface area contributed by atoms with E-state index in [-0.39, 0.29) is 25.7 Å². The van der Waals surface area contributed by atoms with Gasteiger partial charge in [-0.05, 0) is 103 Å². The third-order valence-electron chi connectivity index (χ3n) is 16.4.